The van der Waals surface area contributed by atoms with Crippen molar-refractivity contribution in [3.63, 3.8) is 0 Å². The van der Waals surface area contributed by atoms with Crippen LogP contribution in [0.25, 0.3) is 43.1 Å². The van der Waals surface area contributed by atoms with E-state index in [-0.39, 0.29) is 5.41 Å². The molecule has 0 aliphatic heterocycles. The summed E-state index contributed by atoms with van der Waals surface area (Å²) < 4.78 is 0. The first kappa shape index (κ1) is 14.7. The Labute approximate surface area is 148 Å². The Hall–Kier alpha value is -2.60. The van der Waals surface area contributed by atoms with E-state index in [0.29, 0.717) is 0 Å². The minimum absolute atomic E-state index is 0.181. The van der Waals surface area contributed by atoms with Crippen LogP contribution in [0.15, 0.2) is 66.7 Å². The van der Waals surface area contributed by atoms with E-state index in [2.05, 4.69) is 87.5 Å². The Balaban J connectivity index is 2.11. The van der Waals surface area contributed by atoms with Gasteiger partial charge in [-0.3, -0.25) is 0 Å². The molecule has 0 N–H and O–H groups in total. The predicted octanol–water partition coefficient (Wildman–Crippen LogP) is 7.42. The molecule has 0 heteroatoms. The van der Waals surface area contributed by atoms with Crippen LogP contribution in [0.2, 0.25) is 0 Å². The Bertz CT molecular complexity index is 1190. The molecule has 25 heavy (non-hydrogen) atoms. The van der Waals surface area contributed by atoms with Gasteiger partial charge in [-0.05, 0) is 60.5 Å². The first-order valence-electron chi connectivity index (χ1n) is 9.20. The first-order valence-corrected chi connectivity index (χ1v) is 9.20. The summed E-state index contributed by atoms with van der Waals surface area (Å²) in [5, 5.41) is 11.1. The number of benzene rings is 5. The average molecular weight is 322 g/mol. The lowest BCUT2D eigenvalue weighted by atomic mass is 9.78. The molecule has 0 amide bonds. The van der Waals surface area contributed by atoms with Crippen LogP contribution in [0.5, 0.6) is 0 Å². The van der Waals surface area contributed by atoms with Crippen molar-refractivity contribution in [2.75, 3.05) is 0 Å². The summed E-state index contributed by atoms with van der Waals surface area (Å²) in [5.74, 6) is 0. The normalized spacial score (nSPS) is 12.8. The second kappa shape index (κ2) is 4.95. The van der Waals surface area contributed by atoms with Crippen LogP contribution in [0.3, 0.4) is 0 Å². The molecule has 0 saturated carbocycles. The van der Waals surface area contributed by atoms with Crippen LogP contribution in [-0.2, 0) is 5.41 Å². The Morgan fingerprint density at radius 3 is 1.76 bits per heavy atom. The van der Waals surface area contributed by atoms with Gasteiger partial charge < -0.3 is 0 Å². The summed E-state index contributed by atoms with van der Waals surface area (Å²) in [4.78, 5) is 0. The summed E-state index contributed by atoms with van der Waals surface area (Å²) in [6, 6.07) is 24.9. The SMILES string of the molecule is CCC(C)(C)c1ccc2c3cccc4cccc(c5cccc1c52)c43. The predicted molar refractivity (Wildman–Crippen MR) is 111 cm³/mol. The van der Waals surface area contributed by atoms with Crippen molar-refractivity contribution in [3.8, 4) is 0 Å². The fraction of sp³-hybridized carbons (Fsp3) is 0.200. The lowest BCUT2D eigenvalue weighted by Gasteiger charge is -2.26. The van der Waals surface area contributed by atoms with Gasteiger partial charge in [0.25, 0.3) is 0 Å². The molecule has 0 heterocycles. The lowest BCUT2D eigenvalue weighted by Crippen LogP contribution is -2.15. The monoisotopic (exact) mass is 322 g/mol. The smallest absolute Gasteiger partial charge is 0.00234 e. The highest BCUT2D eigenvalue weighted by Gasteiger charge is 2.22. The van der Waals surface area contributed by atoms with Gasteiger partial charge in [0.2, 0.25) is 0 Å². The molecular weight excluding hydrogens is 300 g/mol. The van der Waals surface area contributed by atoms with Crippen molar-refractivity contribution in [2.45, 2.75) is 32.6 Å². The van der Waals surface area contributed by atoms with Crippen LogP contribution in [0, 0.1) is 0 Å². The molecule has 0 spiro atoms. The van der Waals surface area contributed by atoms with Crippen LogP contribution >= 0.6 is 0 Å². The summed E-state index contributed by atoms with van der Waals surface area (Å²) in [5.41, 5.74) is 1.64. The molecule has 0 radical (unpaired) electrons. The van der Waals surface area contributed by atoms with Crippen LogP contribution in [0.4, 0.5) is 0 Å². The number of hydrogen-bond acceptors (Lipinski definition) is 0. The highest BCUT2D eigenvalue weighted by atomic mass is 14.3. The largest absolute Gasteiger partial charge is 0.0646 e. The van der Waals surface area contributed by atoms with E-state index >= 15 is 0 Å². The molecule has 5 rings (SSSR count). The van der Waals surface area contributed by atoms with Gasteiger partial charge in [0.1, 0.15) is 0 Å². The summed E-state index contributed by atoms with van der Waals surface area (Å²) in [7, 11) is 0. The molecule has 122 valence electrons. The lowest BCUT2D eigenvalue weighted by molar-refractivity contribution is 0.511. The van der Waals surface area contributed by atoms with E-state index in [0.717, 1.165) is 6.42 Å². The van der Waals surface area contributed by atoms with Crippen molar-refractivity contribution in [1.29, 1.82) is 0 Å². The molecule has 0 aliphatic carbocycles. The zero-order valence-electron chi connectivity index (χ0n) is 15.1. The topological polar surface area (TPSA) is 0 Å². The number of fused-ring (bicyclic) bond motifs is 2. The zero-order chi connectivity index (χ0) is 17.2. The Kier molecular flexibility index (Phi) is 2.92. The van der Waals surface area contributed by atoms with Gasteiger partial charge in [0.05, 0.1) is 0 Å². The maximum absolute atomic E-state index is 2.36. The van der Waals surface area contributed by atoms with Gasteiger partial charge in [-0.15, -0.1) is 0 Å². The van der Waals surface area contributed by atoms with Gasteiger partial charge >= 0.3 is 0 Å². The molecule has 5 aromatic carbocycles. The number of hydrogen-bond donors (Lipinski definition) is 0. The first-order chi connectivity index (χ1) is 12.1. The van der Waals surface area contributed by atoms with E-state index < -0.39 is 0 Å². The summed E-state index contributed by atoms with van der Waals surface area (Å²) in [6.45, 7) is 6.99. The molecule has 0 bridgehead atoms. The average Bonchev–Trinajstić information content (AvgIpc) is 2.65. The summed E-state index contributed by atoms with van der Waals surface area (Å²) >= 11 is 0. The fourth-order valence-corrected chi connectivity index (χ4v) is 4.43. The Morgan fingerprint density at radius 2 is 1.12 bits per heavy atom. The fourth-order valence-electron chi connectivity index (χ4n) is 4.43. The Morgan fingerprint density at radius 1 is 0.600 bits per heavy atom. The van der Waals surface area contributed by atoms with Gasteiger partial charge in [0, 0.05) is 0 Å². The maximum Gasteiger partial charge on any atom is -0.00234 e. The molecule has 0 nitrogen and oxygen atoms in total. The maximum atomic E-state index is 2.36. The van der Waals surface area contributed by atoms with Crippen molar-refractivity contribution < 1.29 is 0 Å². The minimum Gasteiger partial charge on any atom is -0.0646 e. The quantitative estimate of drug-likeness (QED) is 0.234. The van der Waals surface area contributed by atoms with E-state index in [1.54, 1.807) is 0 Å². The van der Waals surface area contributed by atoms with Gasteiger partial charge in [0.15, 0.2) is 0 Å². The molecule has 5 aromatic rings. The van der Waals surface area contributed by atoms with Crippen molar-refractivity contribution in [2.24, 2.45) is 0 Å². The van der Waals surface area contributed by atoms with Gasteiger partial charge in [-0.25, -0.2) is 0 Å². The molecular formula is C25H22. The molecule has 0 saturated heterocycles. The molecule has 0 fully saturated rings. The van der Waals surface area contributed by atoms with Crippen LogP contribution in [-0.4, -0.2) is 0 Å². The minimum atomic E-state index is 0.181. The highest BCUT2D eigenvalue weighted by molar-refractivity contribution is 6.33. The molecule has 0 aromatic heterocycles. The van der Waals surface area contributed by atoms with E-state index in [4.69, 9.17) is 0 Å². The summed E-state index contributed by atoms with van der Waals surface area (Å²) in [6.07, 6.45) is 1.14. The standard InChI is InChI=1S/C25H22/c1-4-25(2,3)22-15-14-20-18-11-6-9-16-8-5-10-17(23(16)18)19-12-7-13-21(22)24(19)20/h5-15H,4H2,1-3H3. The third kappa shape index (κ3) is 1.88. The molecule has 0 aliphatic rings. The van der Waals surface area contributed by atoms with E-state index in [9.17, 15) is 0 Å². The van der Waals surface area contributed by atoms with Gasteiger partial charge in [-0.2, -0.15) is 0 Å². The van der Waals surface area contributed by atoms with E-state index in [1.807, 2.05) is 0 Å². The van der Waals surface area contributed by atoms with Crippen molar-refractivity contribution in [1.82, 2.24) is 0 Å². The third-order valence-electron chi connectivity index (χ3n) is 6.14. The zero-order valence-corrected chi connectivity index (χ0v) is 15.1. The molecule has 0 unspecified atom stereocenters. The third-order valence-corrected chi connectivity index (χ3v) is 6.14. The van der Waals surface area contributed by atoms with E-state index in [1.165, 1.54) is 48.7 Å². The second-order valence-electron chi connectivity index (χ2n) is 7.84. The van der Waals surface area contributed by atoms with Crippen molar-refractivity contribution in [3.05, 3.63) is 72.3 Å². The van der Waals surface area contributed by atoms with Crippen molar-refractivity contribution >= 4 is 43.1 Å². The van der Waals surface area contributed by atoms with Gasteiger partial charge in [-0.1, -0.05) is 87.5 Å². The second-order valence-corrected chi connectivity index (χ2v) is 7.84. The van der Waals surface area contributed by atoms with Crippen LogP contribution < -0.4 is 0 Å². The molecule has 0 atom stereocenters. The highest BCUT2D eigenvalue weighted by Crippen LogP contribution is 2.43. The number of rotatable bonds is 2. The van der Waals surface area contributed by atoms with Crippen LogP contribution in [0.1, 0.15) is 32.8 Å².